The Balaban J connectivity index is 0.000000125. The van der Waals surface area contributed by atoms with Crippen molar-refractivity contribution < 1.29 is 4.79 Å². The van der Waals surface area contributed by atoms with Crippen molar-refractivity contribution in [3.63, 3.8) is 0 Å². The number of hydrogen-bond acceptors (Lipinski definition) is 3. The lowest BCUT2D eigenvalue weighted by atomic mass is 10.1. The maximum Gasteiger partial charge on any atom is 0.231 e. The highest BCUT2D eigenvalue weighted by atomic mass is 32.2. The van der Waals surface area contributed by atoms with E-state index < -0.39 is 0 Å². The molecule has 3 rings (SSSR count). The third-order valence-electron chi connectivity index (χ3n) is 2.55. The highest BCUT2D eigenvalue weighted by Crippen LogP contribution is 2.39. The van der Waals surface area contributed by atoms with Crippen molar-refractivity contribution in [2.75, 3.05) is 5.75 Å². The average molecular weight is 236 g/mol. The van der Waals surface area contributed by atoms with Crippen LogP contribution in [0, 0.1) is 0 Å². The summed E-state index contributed by atoms with van der Waals surface area (Å²) in [6, 6.07) is 10.8. The smallest absolute Gasteiger partial charge is 0.231 e. The number of benzene rings is 1. The average Bonchev–Trinajstić information content (AvgIpc) is 3.07. The SMILES string of the molecule is NC1NC(=O)CS1.c1ccc(C2CC2)cc1. The first-order valence-electron chi connectivity index (χ1n) is 5.47. The van der Waals surface area contributed by atoms with Gasteiger partial charge < -0.3 is 11.1 Å². The van der Waals surface area contributed by atoms with E-state index in [0.717, 1.165) is 5.92 Å². The number of carbonyl (C=O) groups excluding carboxylic acids is 1. The molecule has 1 amide bonds. The van der Waals surface area contributed by atoms with Gasteiger partial charge in [-0.1, -0.05) is 30.3 Å². The van der Waals surface area contributed by atoms with Gasteiger partial charge in [-0.05, 0) is 24.3 Å². The topological polar surface area (TPSA) is 55.1 Å². The first kappa shape index (κ1) is 11.5. The molecule has 0 aromatic heterocycles. The van der Waals surface area contributed by atoms with E-state index in [-0.39, 0.29) is 11.4 Å². The fraction of sp³-hybridized carbons (Fsp3) is 0.417. The molecule has 1 saturated carbocycles. The predicted molar refractivity (Wildman–Crippen MR) is 67.0 cm³/mol. The number of rotatable bonds is 1. The molecular weight excluding hydrogens is 220 g/mol. The third kappa shape index (κ3) is 3.54. The Labute approximate surface area is 99.8 Å². The predicted octanol–water partition coefficient (Wildman–Crippen LogP) is 1.66. The lowest BCUT2D eigenvalue weighted by Gasteiger charge is -1.95. The molecule has 4 heteroatoms. The molecule has 1 aromatic carbocycles. The molecule has 3 nitrogen and oxygen atoms in total. The van der Waals surface area contributed by atoms with Crippen molar-refractivity contribution in [1.82, 2.24) is 5.32 Å². The molecule has 16 heavy (non-hydrogen) atoms. The molecule has 3 N–H and O–H groups in total. The van der Waals surface area contributed by atoms with E-state index in [2.05, 4.69) is 35.6 Å². The van der Waals surface area contributed by atoms with E-state index >= 15 is 0 Å². The monoisotopic (exact) mass is 236 g/mol. The number of nitrogens with two attached hydrogens (primary N) is 1. The van der Waals surface area contributed by atoms with Crippen LogP contribution in [0.15, 0.2) is 30.3 Å². The van der Waals surface area contributed by atoms with E-state index in [0.29, 0.717) is 5.75 Å². The van der Waals surface area contributed by atoms with E-state index in [1.807, 2.05) is 0 Å². The molecule has 0 radical (unpaired) electrons. The highest BCUT2D eigenvalue weighted by molar-refractivity contribution is 8.00. The maximum atomic E-state index is 10.2. The molecule has 1 saturated heterocycles. The van der Waals surface area contributed by atoms with Gasteiger partial charge in [0.25, 0.3) is 0 Å². The molecular formula is C12H16N2OS. The van der Waals surface area contributed by atoms with E-state index in [4.69, 9.17) is 5.73 Å². The van der Waals surface area contributed by atoms with Crippen LogP contribution in [0.4, 0.5) is 0 Å². The van der Waals surface area contributed by atoms with Crippen LogP contribution < -0.4 is 11.1 Å². The summed E-state index contributed by atoms with van der Waals surface area (Å²) in [6.07, 6.45) is 2.81. The molecule has 1 heterocycles. The lowest BCUT2D eigenvalue weighted by molar-refractivity contribution is -0.118. The first-order valence-corrected chi connectivity index (χ1v) is 6.52. The van der Waals surface area contributed by atoms with Crippen molar-refractivity contribution in [2.24, 2.45) is 5.73 Å². The summed E-state index contributed by atoms with van der Waals surface area (Å²) in [5.74, 6) is 1.46. The number of amides is 1. The van der Waals surface area contributed by atoms with Crippen LogP contribution in [-0.2, 0) is 4.79 Å². The minimum Gasteiger partial charge on any atom is -0.331 e. The molecule has 1 aromatic rings. The molecule has 2 fully saturated rings. The second-order valence-electron chi connectivity index (χ2n) is 3.98. The number of carbonyl (C=O) groups is 1. The number of nitrogens with one attached hydrogen (secondary N) is 1. The number of hydrogen-bond donors (Lipinski definition) is 2. The Morgan fingerprint density at radius 2 is 1.94 bits per heavy atom. The highest BCUT2D eigenvalue weighted by Gasteiger charge is 2.22. The molecule has 0 bridgehead atoms. The van der Waals surface area contributed by atoms with Gasteiger partial charge in [0, 0.05) is 0 Å². The van der Waals surface area contributed by atoms with Gasteiger partial charge in [-0.2, -0.15) is 0 Å². The van der Waals surface area contributed by atoms with Crippen molar-refractivity contribution in [3.8, 4) is 0 Å². The largest absolute Gasteiger partial charge is 0.331 e. The fourth-order valence-electron chi connectivity index (χ4n) is 1.55. The zero-order valence-corrected chi connectivity index (χ0v) is 9.87. The van der Waals surface area contributed by atoms with Crippen LogP contribution in [0.25, 0.3) is 0 Å². The van der Waals surface area contributed by atoms with Crippen molar-refractivity contribution in [2.45, 2.75) is 24.3 Å². The molecule has 2 aliphatic rings. The Morgan fingerprint density at radius 3 is 2.31 bits per heavy atom. The zero-order valence-electron chi connectivity index (χ0n) is 9.06. The van der Waals surface area contributed by atoms with Gasteiger partial charge in [0.2, 0.25) is 5.91 Å². The van der Waals surface area contributed by atoms with Crippen LogP contribution in [0.2, 0.25) is 0 Å². The summed E-state index contributed by atoms with van der Waals surface area (Å²) in [6.45, 7) is 0. The Kier molecular flexibility index (Phi) is 3.85. The second kappa shape index (κ2) is 5.37. The van der Waals surface area contributed by atoms with E-state index in [1.165, 1.54) is 30.2 Å². The number of thioether (sulfide) groups is 1. The maximum absolute atomic E-state index is 10.2. The molecule has 86 valence electrons. The van der Waals surface area contributed by atoms with E-state index in [9.17, 15) is 4.79 Å². The quantitative estimate of drug-likeness (QED) is 0.779. The fourth-order valence-corrected chi connectivity index (χ4v) is 2.18. The normalized spacial score (nSPS) is 23.3. The minimum absolute atomic E-state index is 0.0394. The minimum atomic E-state index is -0.160. The van der Waals surface area contributed by atoms with Crippen LogP contribution in [0.3, 0.4) is 0 Å². The first-order chi connectivity index (χ1) is 7.75. The van der Waals surface area contributed by atoms with Crippen LogP contribution >= 0.6 is 11.8 Å². The van der Waals surface area contributed by atoms with Crippen LogP contribution in [0.1, 0.15) is 24.3 Å². The Bertz CT molecular complexity index is 351. The van der Waals surface area contributed by atoms with Crippen molar-refractivity contribution >= 4 is 17.7 Å². The zero-order chi connectivity index (χ0) is 11.4. The second-order valence-corrected chi connectivity index (χ2v) is 5.11. The molecule has 1 unspecified atom stereocenters. The van der Waals surface area contributed by atoms with E-state index in [1.54, 1.807) is 0 Å². The Morgan fingerprint density at radius 1 is 1.25 bits per heavy atom. The third-order valence-corrected chi connectivity index (χ3v) is 3.45. The summed E-state index contributed by atoms with van der Waals surface area (Å²) in [4.78, 5) is 10.2. The summed E-state index contributed by atoms with van der Waals surface area (Å²) in [7, 11) is 0. The summed E-state index contributed by atoms with van der Waals surface area (Å²) in [5.41, 5.74) is 6.62. The molecule has 1 atom stereocenters. The molecule has 1 aliphatic carbocycles. The molecule has 1 aliphatic heterocycles. The summed E-state index contributed by atoms with van der Waals surface area (Å²) in [5, 5.41) is 2.52. The van der Waals surface area contributed by atoms with Gasteiger partial charge in [0.15, 0.2) is 0 Å². The van der Waals surface area contributed by atoms with Crippen molar-refractivity contribution in [1.29, 1.82) is 0 Å². The standard InChI is InChI=1S/C9H10.C3H6N2OS/c1-2-4-8(5-3-1)9-6-7-9;4-3-5-2(6)1-7-3/h1-5,9H,6-7H2;3H,1,4H2,(H,5,6). The Hall–Kier alpha value is -1.00. The summed E-state index contributed by atoms with van der Waals surface area (Å²) < 4.78 is 0. The van der Waals surface area contributed by atoms with Gasteiger partial charge in [-0.25, -0.2) is 0 Å². The van der Waals surface area contributed by atoms with Crippen LogP contribution in [-0.4, -0.2) is 17.2 Å². The van der Waals surface area contributed by atoms with Crippen molar-refractivity contribution in [3.05, 3.63) is 35.9 Å². The summed E-state index contributed by atoms with van der Waals surface area (Å²) >= 11 is 1.42. The van der Waals surface area contributed by atoms with Gasteiger partial charge in [0.05, 0.1) is 5.75 Å². The molecule has 0 spiro atoms. The van der Waals surface area contributed by atoms with Crippen LogP contribution in [0.5, 0.6) is 0 Å². The lowest BCUT2D eigenvalue weighted by Crippen LogP contribution is -2.31. The van der Waals surface area contributed by atoms with Gasteiger partial charge >= 0.3 is 0 Å². The van der Waals surface area contributed by atoms with Gasteiger partial charge in [0.1, 0.15) is 5.50 Å². The van der Waals surface area contributed by atoms with Gasteiger partial charge in [-0.3, -0.25) is 4.79 Å². The van der Waals surface area contributed by atoms with Gasteiger partial charge in [-0.15, -0.1) is 11.8 Å².